The Labute approximate surface area is 79.4 Å². The summed E-state index contributed by atoms with van der Waals surface area (Å²) in [5, 5.41) is 9.40. The molecule has 0 aromatic heterocycles. The van der Waals surface area contributed by atoms with Gasteiger partial charge in [-0.15, -0.1) is 0 Å². The minimum Gasteiger partial charge on any atom is -0.508 e. The Balaban J connectivity index is 2.77. The molecule has 64 valence electrons. The summed E-state index contributed by atoms with van der Waals surface area (Å²) in [6.45, 7) is 0. The van der Waals surface area contributed by atoms with Crippen LogP contribution in [0.25, 0.3) is 0 Å². The molecule has 12 heavy (non-hydrogen) atoms. The van der Waals surface area contributed by atoms with E-state index in [0.717, 1.165) is 0 Å². The van der Waals surface area contributed by atoms with Gasteiger partial charge in [-0.3, -0.25) is 4.79 Å². The van der Waals surface area contributed by atoms with Gasteiger partial charge in [-0.1, -0.05) is 22.0 Å². The third kappa shape index (κ3) is 2.34. The van der Waals surface area contributed by atoms with Crippen molar-refractivity contribution < 1.29 is 9.90 Å². The summed E-state index contributed by atoms with van der Waals surface area (Å²) in [6, 6.07) is 0. The zero-order valence-electron chi connectivity index (χ0n) is 6.46. The average Bonchev–Trinajstić information content (AvgIpc) is 2.29. The number of alkyl halides is 1. The molecule has 1 N–H and O–H groups in total. The quantitative estimate of drug-likeness (QED) is 0.737. The van der Waals surface area contributed by atoms with Crippen molar-refractivity contribution in [1.29, 1.82) is 0 Å². The number of hydrogen-bond acceptors (Lipinski definition) is 2. The second kappa shape index (κ2) is 4.26. The number of ketones is 1. The Morgan fingerprint density at radius 2 is 2.25 bits per heavy atom. The first-order chi connectivity index (χ1) is 5.74. The molecule has 0 saturated heterocycles. The summed E-state index contributed by atoms with van der Waals surface area (Å²) in [5.41, 5.74) is 0.646. The van der Waals surface area contributed by atoms with E-state index in [1.165, 1.54) is 6.08 Å². The lowest BCUT2D eigenvalue weighted by molar-refractivity contribution is -0.112. The molecule has 0 fully saturated rings. The van der Waals surface area contributed by atoms with Crippen LogP contribution in [0.15, 0.2) is 35.6 Å². The van der Waals surface area contributed by atoms with Gasteiger partial charge in [0.1, 0.15) is 5.76 Å². The van der Waals surface area contributed by atoms with Crippen LogP contribution >= 0.6 is 15.9 Å². The molecule has 0 heterocycles. The zero-order chi connectivity index (χ0) is 8.97. The predicted molar refractivity (Wildman–Crippen MR) is 51.4 cm³/mol. The molecular formula is C9H9BrO2. The van der Waals surface area contributed by atoms with E-state index >= 15 is 0 Å². The monoisotopic (exact) mass is 228 g/mol. The second-order valence-corrected chi connectivity index (χ2v) is 2.98. The standard InChI is InChI=1S/C9H9BrO2/c10-6-9(12)7-2-1-3-8(11)5-4-7/h2-5,11H,1,6H2. The van der Waals surface area contributed by atoms with Crippen molar-refractivity contribution in [2.24, 2.45) is 0 Å². The summed E-state index contributed by atoms with van der Waals surface area (Å²) in [6.07, 6.45) is 7.21. The lowest BCUT2D eigenvalue weighted by atomic mass is 10.1. The van der Waals surface area contributed by atoms with Gasteiger partial charge in [0, 0.05) is 5.57 Å². The molecule has 0 bridgehead atoms. The van der Waals surface area contributed by atoms with Crippen LogP contribution in [0.4, 0.5) is 0 Å². The summed E-state index contributed by atoms with van der Waals surface area (Å²) < 4.78 is 0. The molecule has 0 spiro atoms. The zero-order valence-corrected chi connectivity index (χ0v) is 8.04. The molecular weight excluding hydrogens is 220 g/mol. The Kier molecular flexibility index (Phi) is 3.29. The van der Waals surface area contributed by atoms with Crippen LogP contribution in [0.1, 0.15) is 6.42 Å². The lowest BCUT2D eigenvalue weighted by Crippen LogP contribution is -2.00. The highest BCUT2D eigenvalue weighted by molar-refractivity contribution is 9.09. The largest absolute Gasteiger partial charge is 0.508 e. The van der Waals surface area contributed by atoms with E-state index in [0.29, 0.717) is 17.3 Å². The highest BCUT2D eigenvalue weighted by atomic mass is 79.9. The van der Waals surface area contributed by atoms with Gasteiger partial charge < -0.3 is 5.11 Å². The molecule has 0 radical (unpaired) electrons. The van der Waals surface area contributed by atoms with Crippen molar-refractivity contribution in [1.82, 2.24) is 0 Å². The number of rotatable bonds is 2. The van der Waals surface area contributed by atoms with Gasteiger partial charge in [0.2, 0.25) is 0 Å². The Bertz CT molecular complexity index is 274. The molecule has 0 aromatic carbocycles. The first-order valence-corrected chi connectivity index (χ1v) is 4.72. The van der Waals surface area contributed by atoms with Crippen molar-refractivity contribution in [2.45, 2.75) is 6.42 Å². The van der Waals surface area contributed by atoms with Gasteiger partial charge in [0.15, 0.2) is 5.78 Å². The van der Waals surface area contributed by atoms with Crippen molar-refractivity contribution >= 4 is 21.7 Å². The number of allylic oxidation sites excluding steroid dienone is 5. The highest BCUT2D eigenvalue weighted by Gasteiger charge is 2.05. The predicted octanol–water partition coefficient (Wildman–Crippen LogP) is 2.28. The minimum atomic E-state index is 0.0364. The normalized spacial score (nSPS) is 16.4. The van der Waals surface area contributed by atoms with Crippen LogP contribution < -0.4 is 0 Å². The molecule has 0 amide bonds. The molecule has 2 nitrogen and oxygen atoms in total. The number of carbonyl (C=O) groups is 1. The van der Waals surface area contributed by atoms with Crippen LogP contribution in [0.3, 0.4) is 0 Å². The van der Waals surface area contributed by atoms with Crippen molar-refractivity contribution in [3.63, 3.8) is 0 Å². The molecule has 0 aliphatic heterocycles. The maximum atomic E-state index is 11.2. The lowest BCUT2D eigenvalue weighted by Gasteiger charge is -1.94. The third-order valence-corrected chi connectivity index (χ3v) is 2.05. The Hall–Kier alpha value is -0.830. The van der Waals surface area contributed by atoms with Crippen LogP contribution in [0.2, 0.25) is 0 Å². The second-order valence-electron chi connectivity index (χ2n) is 2.41. The molecule has 0 unspecified atom stereocenters. The molecule has 1 rings (SSSR count). The van der Waals surface area contributed by atoms with E-state index in [1.54, 1.807) is 18.2 Å². The molecule has 0 atom stereocenters. The summed E-state index contributed by atoms with van der Waals surface area (Å²) in [4.78, 5) is 11.2. The number of carbonyl (C=O) groups excluding carboxylic acids is 1. The van der Waals surface area contributed by atoms with E-state index in [4.69, 9.17) is 5.11 Å². The van der Waals surface area contributed by atoms with E-state index in [9.17, 15) is 4.79 Å². The molecule has 1 aliphatic carbocycles. The maximum Gasteiger partial charge on any atom is 0.173 e. The maximum absolute atomic E-state index is 11.2. The van der Waals surface area contributed by atoms with Crippen LogP contribution in [-0.4, -0.2) is 16.2 Å². The van der Waals surface area contributed by atoms with Gasteiger partial charge in [0.05, 0.1) is 5.33 Å². The number of halogens is 1. The fourth-order valence-corrected chi connectivity index (χ4v) is 1.23. The smallest absolute Gasteiger partial charge is 0.173 e. The fourth-order valence-electron chi connectivity index (χ4n) is 0.902. The average molecular weight is 229 g/mol. The highest BCUT2D eigenvalue weighted by Crippen LogP contribution is 2.10. The number of aliphatic hydroxyl groups excluding tert-OH is 1. The minimum absolute atomic E-state index is 0.0364. The summed E-state index contributed by atoms with van der Waals surface area (Å²) in [7, 11) is 0. The third-order valence-electron chi connectivity index (χ3n) is 1.54. The SMILES string of the molecule is O=C(CBr)C1=CCC=C(O)C=C1. The number of hydrogen-bond donors (Lipinski definition) is 1. The van der Waals surface area contributed by atoms with Gasteiger partial charge in [-0.25, -0.2) is 0 Å². The molecule has 3 heteroatoms. The van der Waals surface area contributed by atoms with Crippen LogP contribution in [0.5, 0.6) is 0 Å². The van der Waals surface area contributed by atoms with Crippen molar-refractivity contribution in [3.8, 4) is 0 Å². The van der Waals surface area contributed by atoms with Crippen LogP contribution in [0, 0.1) is 0 Å². The van der Waals surface area contributed by atoms with E-state index in [2.05, 4.69) is 15.9 Å². The van der Waals surface area contributed by atoms with Crippen LogP contribution in [-0.2, 0) is 4.79 Å². The summed E-state index contributed by atoms with van der Waals surface area (Å²) in [5.74, 6) is 0.248. The van der Waals surface area contributed by atoms with Crippen molar-refractivity contribution in [2.75, 3.05) is 5.33 Å². The molecule has 1 aliphatic rings. The first kappa shape index (κ1) is 9.26. The first-order valence-electron chi connectivity index (χ1n) is 3.60. The topological polar surface area (TPSA) is 37.3 Å². The Morgan fingerprint density at radius 3 is 2.92 bits per heavy atom. The molecule has 0 saturated carbocycles. The van der Waals surface area contributed by atoms with E-state index < -0.39 is 0 Å². The fraction of sp³-hybridized carbons (Fsp3) is 0.222. The number of Topliss-reactive ketones (excluding diaryl/α,β-unsaturated/α-hetero) is 1. The summed E-state index contributed by atoms with van der Waals surface area (Å²) >= 11 is 3.09. The molecule has 0 aromatic rings. The van der Waals surface area contributed by atoms with E-state index in [1.807, 2.05) is 0 Å². The van der Waals surface area contributed by atoms with E-state index in [-0.39, 0.29) is 11.5 Å². The Morgan fingerprint density at radius 1 is 1.50 bits per heavy atom. The van der Waals surface area contributed by atoms with Gasteiger partial charge in [-0.05, 0) is 24.6 Å². The van der Waals surface area contributed by atoms with Gasteiger partial charge in [-0.2, -0.15) is 0 Å². The van der Waals surface area contributed by atoms with Crippen molar-refractivity contribution in [3.05, 3.63) is 35.6 Å². The number of aliphatic hydroxyl groups is 1. The van der Waals surface area contributed by atoms with Gasteiger partial charge >= 0.3 is 0 Å². The van der Waals surface area contributed by atoms with Gasteiger partial charge in [0.25, 0.3) is 0 Å².